The smallest absolute Gasteiger partial charge is 0.0701 e. The van der Waals surface area contributed by atoms with E-state index in [-0.39, 0.29) is 0 Å². The zero-order chi connectivity index (χ0) is 20.4. The first-order valence-electron chi connectivity index (χ1n) is 10.1. The summed E-state index contributed by atoms with van der Waals surface area (Å²) in [6.45, 7) is 6.39. The van der Waals surface area contributed by atoms with E-state index in [1.165, 1.54) is 38.9 Å². The zero-order valence-electron chi connectivity index (χ0n) is 17.3. The summed E-state index contributed by atoms with van der Waals surface area (Å²) in [7, 11) is 0. The number of hydrogen-bond donors (Lipinski definition) is 1. The van der Waals surface area contributed by atoms with Gasteiger partial charge in [-0.3, -0.25) is 0 Å². The molecule has 4 rings (SSSR count). The van der Waals surface area contributed by atoms with Gasteiger partial charge < -0.3 is 5.73 Å². The molecule has 0 bridgehead atoms. The molecule has 0 amide bonds. The molecule has 4 aromatic carbocycles. The van der Waals surface area contributed by atoms with Crippen molar-refractivity contribution in [1.82, 2.24) is 0 Å². The lowest BCUT2D eigenvalue weighted by Gasteiger charge is -2.37. The molecular weight excluding hydrogens is 350 g/mol. The highest BCUT2D eigenvalue weighted by Crippen LogP contribution is 2.45. The van der Waals surface area contributed by atoms with Crippen LogP contribution in [0, 0.1) is 20.8 Å². The number of benzene rings is 4. The van der Waals surface area contributed by atoms with Crippen molar-refractivity contribution < 1.29 is 0 Å². The molecule has 0 atom stereocenters. The highest BCUT2D eigenvalue weighted by atomic mass is 14.5. The van der Waals surface area contributed by atoms with E-state index in [1.807, 2.05) is 12.1 Å². The summed E-state index contributed by atoms with van der Waals surface area (Å²) in [4.78, 5) is 0. The standard InChI is InChI=1S/C28H27N/c1-20-4-10-23(11-5-20)28(24-12-6-21(2)7-13-24,25-14-8-22(3)9-15-25)26-16-18-27(29)19-17-26/h4-19H,29H2,1-3H3. The van der Waals surface area contributed by atoms with Crippen LogP contribution in [0.2, 0.25) is 0 Å². The van der Waals surface area contributed by atoms with Gasteiger partial charge in [-0.2, -0.15) is 0 Å². The minimum atomic E-state index is -0.414. The summed E-state index contributed by atoms with van der Waals surface area (Å²) in [6.07, 6.45) is 0. The van der Waals surface area contributed by atoms with E-state index in [0.29, 0.717) is 0 Å². The molecule has 0 aliphatic heterocycles. The average molecular weight is 378 g/mol. The maximum atomic E-state index is 6.05. The summed E-state index contributed by atoms with van der Waals surface area (Å²) in [5.74, 6) is 0. The third kappa shape index (κ3) is 3.45. The minimum absolute atomic E-state index is 0.414. The van der Waals surface area contributed by atoms with Gasteiger partial charge in [0.25, 0.3) is 0 Å². The first kappa shape index (κ1) is 19.0. The molecular formula is C28H27N. The predicted molar refractivity (Wildman–Crippen MR) is 123 cm³/mol. The van der Waals surface area contributed by atoms with Gasteiger partial charge in [-0.25, -0.2) is 0 Å². The summed E-state index contributed by atoms with van der Waals surface area (Å²) >= 11 is 0. The molecule has 29 heavy (non-hydrogen) atoms. The highest BCUT2D eigenvalue weighted by molar-refractivity contribution is 5.61. The molecule has 2 N–H and O–H groups in total. The quantitative estimate of drug-likeness (QED) is 0.316. The molecule has 0 aliphatic carbocycles. The number of hydrogen-bond acceptors (Lipinski definition) is 1. The van der Waals surface area contributed by atoms with Gasteiger partial charge in [0, 0.05) is 5.69 Å². The van der Waals surface area contributed by atoms with Crippen molar-refractivity contribution in [3.63, 3.8) is 0 Å². The van der Waals surface area contributed by atoms with Gasteiger partial charge in [0.1, 0.15) is 0 Å². The molecule has 0 spiro atoms. The van der Waals surface area contributed by atoms with Crippen LogP contribution in [0.1, 0.15) is 38.9 Å². The maximum Gasteiger partial charge on any atom is 0.0701 e. The number of anilines is 1. The highest BCUT2D eigenvalue weighted by Gasteiger charge is 2.38. The van der Waals surface area contributed by atoms with Gasteiger partial charge in [-0.05, 0) is 55.2 Å². The molecule has 0 heterocycles. The third-order valence-electron chi connectivity index (χ3n) is 5.80. The van der Waals surface area contributed by atoms with Crippen LogP contribution in [0.5, 0.6) is 0 Å². The Kier molecular flexibility index (Phi) is 4.98. The summed E-state index contributed by atoms with van der Waals surface area (Å²) in [5.41, 5.74) is 15.1. The van der Waals surface area contributed by atoms with Crippen LogP contribution in [0.3, 0.4) is 0 Å². The molecule has 0 radical (unpaired) electrons. The van der Waals surface area contributed by atoms with E-state index in [9.17, 15) is 0 Å². The van der Waals surface area contributed by atoms with Gasteiger partial charge in [0.15, 0.2) is 0 Å². The summed E-state index contributed by atoms with van der Waals surface area (Å²) in [5, 5.41) is 0. The molecule has 0 aromatic heterocycles. The fourth-order valence-electron chi connectivity index (χ4n) is 4.14. The van der Waals surface area contributed by atoms with E-state index in [0.717, 1.165) is 5.69 Å². The van der Waals surface area contributed by atoms with Crippen LogP contribution in [0.15, 0.2) is 97.1 Å². The first-order valence-corrected chi connectivity index (χ1v) is 10.1. The molecule has 4 aromatic rings. The average Bonchev–Trinajstić information content (AvgIpc) is 2.73. The van der Waals surface area contributed by atoms with Crippen LogP contribution in [0.25, 0.3) is 0 Å². The number of rotatable bonds is 4. The second-order valence-corrected chi connectivity index (χ2v) is 7.97. The zero-order valence-corrected chi connectivity index (χ0v) is 17.3. The Hall–Kier alpha value is -3.32. The van der Waals surface area contributed by atoms with Crippen LogP contribution >= 0.6 is 0 Å². The SMILES string of the molecule is Cc1ccc(C(c2ccc(C)cc2)(c2ccc(C)cc2)c2ccc(N)cc2)cc1. The molecule has 0 saturated carbocycles. The van der Waals surface area contributed by atoms with Gasteiger partial charge >= 0.3 is 0 Å². The Labute approximate surface area is 173 Å². The summed E-state index contributed by atoms with van der Waals surface area (Å²) in [6, 6.07) is 35.0. The van der Waals surface area contributed by atoms with E-state index >= 15 is 0 Å². The van der Waals surface area contributed by atoms with Gasteiger partial charge in [0.2, 0.25) is 0 Å². The Morgan fingerprint density at radius 1 is 0.414 bits per heavy atom. The Balaban J connectivity index is 2.11. The third-order valence-corrected chi connectivity index (χ3v) is 5.80. The molecule has 144 valence electrons. The second kappa shape index (κ2) is 7.60. The lowest BCUT2D eigenvalue weighted by atomic mass is 9.65. The summed E-state index contributed by atoms with van der Waals surface area (Å²) < 4.78 is 0. The predicted octanol–water partition coefficient (Wildman–Crippen LogP) is 6.58. The molecule has 0 fully saturated rings. The van der Waals surface area contributed by atoms with Gasteiger partial charge in [-0.1, -0.05) is 102 Å². The fraction of sp³-hybridized carbons (Fsp3) is 0.143. The lowest BCUT2D eigenvalue weighted by Crippen LogP contribution is -2.31. The minimum Gasteiger partial charge on any atom is -0.399 e. The van der Waals surface area contributed by atoms with Crippen LogP contribution < -0.4 is 5.73 Å². The Morgan fingerprint density at radius 2 is 0.655 bits per heavy atom. The molecule has 0 unspecified atom stereocenters. The topological polar surface area (TPSA) is 26.0 Å². The second-order valence-electron chi connectivity index (χ2n) is 7.97. The number of nitrogens with two attached hydrogens (primary N) is 1. The normalized spacial score (nSPS) is 11.4. The van der Waals surface area contributed by atoms with Crippen LogP contribution in [-0.2, 0) is 5.41 Å². The van der Waals surface area contributed by atoms with E-state index in [2.05, 4.69) is 106 Å². The molecule has 1 heteroatoms. The van der Waals surface area contributed by atoms with Crippen molar-refractivity contribution in [3.8, 4) is 0 Å². The largest absolute Gasteiger partial charge is 0.399 e. The van der Waals surface area contributed by atoms with Crippen molar-refractivity contribution in [3.05, 3.63) is 136 Å². The van der Waals surface area contributed by atoms with Crippen molar-refractivity contribution >= 4 is 5.69 Å². The van der Waals surface area contributed by atoms with E-state index < -0.39 is 5.41 Å². The fourth-order valence-corrected chi connectivity index (χ4v) is 4.14. The maximum absolute atomic E-state index is 6.05. The Morgan fingerprint density at radius 3 is 0.931 bits per heavy atom. The van der Waals surface area contributed by atoms with Crippen LogP contribution in [-0.4, -0.2) is 0 Å². The lowest BCUT2D eigenvalue weighted by molar-refractivity contribution is 0.744. The first-order chi connectivity index (χ1) is 14.0. The number of aryl methyl sites for hydroxylation is 3. The van der Waals surface area contributed by atoms with Crippen LogP contribution in [0.4, 0.5) is 5.69 Å². The monoisotopic (exact) mass is 377 g/mol. The van der Waals surface area contributed by atoms with Crippen molar-refractivity contribution in [2.24, 2.45) is 0 Å². The van der Waals surface area contributed by atoms with Crippen molar-refractivity contribution in [1.29, 1.82) is 0 Å². The van der Waals surface area contributed by atoms with Gasteiger partial charge in [-0.15, -0.1) is 0 Å². The molecule has 0 aliphatic rings. The Bertz CT molecular complexity index is 900. The number of nitrogen functional groups attached to an aromatic ring is 1. The molecule has 0 saturated heterocycles. The van der Waals surface area contributed by atoms with Crippen molar-refractivity contribution in [2.45, 2.75) is 26.2 Å². The van der Waals surface area contributed by atoms with E-state index in [4.69, 9.17) is 5.73 Å². The van der Waals surface area contributed by atoms with E-state index in [1.54, 1.807) is 0 Å². The van der Waals surface area contributed by atoms with Crippen molar-refractivity contribution in [2.75, 3.05) is 5.73 Å². The molecule has 1 nitrogen and oxygen atoms in total. The van der Waals surface area contributed by atoms with Gasteiger partial charge in [0.05, 0.1) is 5.41 Å².